The Hall–Kier alpha value is -4.87. The summed E-state index contributed by atoms with van der Waals surface area (Å²) < 4.78 is 14.5. The van der Waals surface area contributed by atoms with Crippen molar-refractivity contribution in [1.29, 1.82) is 0 Å². The zero-order chi connectivity index (χ0) is 30.2. The van der Waals surface area contributed by atoms with Gasteiger partial charge in [-0.1, -0.05) is 23.7 Å². The molecule has 1 aromatic heterocycles. The number of amides is 2. The van der Waals surface area contributed by atoms with E-state index >= 15 is 0 Å². The molecule has 0 bridgehead atoms. The summed E-state index contributed by atoms with van der Waals surface area (Å²) in [6.45, 7) is 1.40. The van der Waals surface area contributed by atoms with E-state index in [-0.39, 0.29) is 23.6 Å². The Kier molecular flexibility index (Phi) is 9.55. The van der Waals surface area contributed by atoms with Crippen LogP contribution in [-0.4, -0.2) is 46.2 Å². The van der Waals surface area contributed by atoms with Crippen LogP contribution in [0.2, 0.25) is 5.02 Å². The summed E-state index contributed by atoms with van der Waals surface area (Å²) in [5.41, 5.74) is 5.41. The Morgan fingerprint density at radius 2 is 1.53 bits per heavy atom. The highest BCUT2D eigenvalue weighted by atomic mass is 35.5. The van der Waals surface area contributed by atoms with Gasteiger partial charge in [-0.25, -0.2) is 14.4 Å². The molecule has 0 atom stereocenters. The monoisotopic (exact) mass is 601 g/mol. The van der Waals surface area contributed by atoms with E-state index in [1.54, 1.807) is 72.8 Å². The molecule has 0 aliphatic carbocycles. The Morgan fingerprint density at radius 3 is 2.19 bits per heavy atom. The first-order valence-corrected chi connectivity index (χ1v) is 14.1. The molecular formula is C31H29ClFN7O3. The topological polar surface area (TPSA) is 128 Å². The highest BCUT2D eigenvalue weighted by Gasteiger charge is 2.20. The molecule has 1 aliphatic rings. The number of para-hydroxylation sites is 1. The van der Waals surface area contributed by atoms with Crippen LogP contribution in [0.15, 0.2) is 79.0 Å². The lowest BCUT2D eigenvalue weighted by molar-refractivity contribution is -0.109. The van der Waals surface area contributed by atoms with Gasteiger partial charge in [-0.2, -0.15) is 4.98 Å². The molecule has 1 aliphatic heterocycles. The highest BCUT2D eigenvalue weighted by Crippen LogP contribution is 2.24. The standard InChI is InChI=1S/C31H29ClFN7O3/c32-25-3-1-2-4-27(25)37-29(42)21-5-9-23(10-6-21)35-28-26(33)19-34-31(38-28)36-24-11-7-22(8-12-24)30(43)39-40-16-13-20(14-17-40)15-18-41/h1-12,18-20H,13-17H2,(H,37,42)(H,39,43)(H2,34,35,36,38). The van der Waals surface area contributed by atoms with Crippen molar-refractivity contribution in [3.05, 3.63) is 101 Å². The number of carbonyl (C=O) groups excluding carboxylic acids is 3. The fraction of sp³-hybridized carbons (Fsp3) is 0.194. The van der Waals surface area contributed by atoms with E-state index in [1.165, 1.54) is 0 Å². The summed E-state index contributed by atoms with van der Waals surface area (Å²) in [5, 5.41) is 11.0. The summed E-state index contributed by atoms with van der Waals surface area (Å²) in [4.78, 5) is 44.2. The number of anilines is 5. The third-order valence-electron chi connectivity index (χ3n) is 6.98. The summed E-state index contributed by atoms with van der Waals surface area (Å²) in [6, 6.07) is 20.1. The van der Waals surface area contributed by atoms with Gasteiger partial charge in [0, 0.05) is 42.0 Å². The van der Waals surface area contributed by atoms with Gasteiger partial charge in [0.1, 0.15) is 6.29 Å². The summed E-state index contributed by atoms with van der Waals surface area (Å²) in [7, 11) is 0. The normalized spacial score (nSPS) is 13.6. The SMILES string of the molecule is O=CCC1CCN(NC(=O)c2ccc(Nc3ncc(F)c(Nc4ccc(C(=O)Nc5ccccc5Cl)cc4)n3)cc2)CC1. The van der Waals surface area contributed by atoms with Gasteiger partial charge in [-0.05, 0) is 79.4 Å². The Morgan fingerprint density at radius 1 is 0.907 bits per heavy atom. The van der Waals surface area contributed by atoms with Crippen molar-refractivity contribution in [3.63, 3.8) is 0 Å². The van der Waals surface area contributed by atoms with Gasteiger partial charge in [0.15, 0.2) is 11.6 Å². The highest BCUT2D eigenvalue weighted by molar-refractivity contribution is 6.33. The van der Waals surface area contributed by atoms with Crippen molar-refractivity contribution in [2.24, 2.45) is 5.92 Å². The van der Waals surface area contributed by atoms with Gasteiger partial charge in [-0.15, -0.1) is 0 Å². The van der Waals surface area contributed by atoms with Gasteiger partial charge in [-0.3, -0.25) is 15.0 Å². The molecule has 2 heterocycles. The summed E-state index contributed by atoms with van der Waals surface area (Å²) in [6.07, 6.45) is 4.29. The lowest BCUT2D eigenvalue weighted by atomic mass is 9.95. The van der Waals surface area contributed by atoms with Crippen LogP contribution in [0.4, 0.5) is 33.2 Å². The molecule has 1 fully saturated rings. The van der Waals surface area contributed by atoms with E-state index in [1.807, 2.05) is 5.01 Å². The number of nitrogens with zero attached hydrogens (tertiary/aromatic N) is 3. The average molecular weight is 602 g/mol. The molecule has 220 valence electrons. The van der Waals surface area contributed by atoms with Crippen LogP contribution in [0.3, 0.4) is 0 Å². The zero-order valence-electron chi connectivity index (χ0n) is 23.0. The predicted molar refractivity (Wildman–Crippen MR) is 163 cm³/mol. The number of hydrogen-bond donors (Lipinski definition) is 4. The molecule has 4 N–H and O–H groups in total. The van der Waals surface area contributed by atoms with Gasteiger partial charge >= 0.3 is 0 Å². The predicted octanol–water partition coefficient (Wildman–Crippen LogP) is 5.95. The molecule has 1 saturated heterocycles. The number of nitrogens with one attached hydrogen (secondary N) is 4. The number of hydrogen-bond acceptors (Lipinski definition) is 8. The van der Waals surface area contributed by atoms with Crippen molar-refractivity contribution >= 4 is 58.5 Å². The maximum absolute atomic E-state index is 14.5. The number of halogens is 2. The lowest BCUT2D eigenvalue weighted by Crippen LogP contribution is -2.46. The van der Waals surface area contributed by atoms with Crippen LogP contribution in [0, 0.1) is 11.7 Å². The van der Waals surface area contributed by atoms with E-state index in [4.69, 9.17) is 11.6 Å². The van der Waals surface area contributed by atoms with Crippen LogP contribution in [0.5, 0.6) is 0 Å². The summed E-state index contributed by atoms with van der Waals surface area (Å²) >= 11 is 6.11. The van der Waals surface area contributed by atoms with E-state index in [9.17, 15) is 18.8 Å². The molecule has 0 spiro atoms. The number of benzene rings is 3. The average Bonchev–Trinajstić information content (AvgIpc) is 3.02. The minimum atomic E-state index is -0.659. The second kappa shape index (κ2) is 13.9. The van der Waals surface area contributed by atoms with Crippen molar-refractivity contribution in [3.8, 4) is 0 Å². The van der Waals surface area contributed by atoms with Crippen molar-refractivity contribution in [2.75, 3.05) is 29.0 Å². The van der Waals surface area contributed by atoms with Gasteiger partial charge in [0.05, 0.1) is 16.9 Å². The first-order valence-electron chi connectivity index (χ1n) is 13.7. The molecule has 0 unspecified atom stereocenters. The van der Waals surface area contributed by atoms with Crippen molar-refractivity contribution in [2.45, 2.75) is 19.3 Å². The minimum Gasteiger partial charge on any atom is -0.338 e. The van der Waals surface area contributed by atoms with Crippen molar-refractivity contribution in [1.82, 2.24) is 20.4 Å². The molecule has 43 heavy (non-hydrogen) atoms. The fourth-order valence-corrected chi connectivity index (χ4v) is 4.76. The number of aromatic nitrogens is 2. The number of aldehydes is 1. The third kappa shape index (κ3) is 7.91. The molecule has 0 saturated carbocycles. The molecule has 10 nitrogen and oxygen atoms in total. The van der Waals surface area contributed by atoms with Gasteiger partial charge in [0.2, 0.25) is 5.95 Å². The Balaban J connectivity index is 1.16. The van der Waals surface area contributed by atoms with Crippen LogP contribution in [-0.2, 0) is 4.79 Å². The quantitative estimate of drug-likeness (QED) is 0.164. The Labute approximate surface area is 252 Å². The number of hydrazine groups is 1. The zero-order valence-corrected chi connectivity index (χ0v) is 23.8. The van der Waals surface area contributed by atoms with E-state index in [0.29, 0.717) is 58.6 Å². The molecule has 3 aromatic carbocycles. The lowest BCUT2D eigenvalue weighted by Gasteiger charge is -2.31. The maximum atomic E-state index is 14.5. The molecule has 12 heteroatoms. The fourth-order valence-electron chi connectivity index (χ4n) is 4.57. The van der Waals surface area contributed by atoms with Gasteiger partial charge in [0.25, 0.3) is 11.8 Å². The van der Waals surface area contributed by atoms with Crippen LogP contribution in [0.25, 0.3) is 0 Å². The second-order valence-electron chi connectivity index (χ2n) is 10.0. The molecule has 0 radical (unpaired) electrons. The number of rotatable bonds is 10. The molecule has 2 amide bonds. The number of piperidine rings is 1. The number of carbonyl (C=O) groups is 3. The maximum Gasteiger partial charge on any atom is 0.265 e. The molecule has 5 rings (SSSR count). The first kappa shape index (κ1) is 29.6. The van der Waals surface area contributed by atoms with E-state index in [0.717, 1.165) is 25.3 Å². The smallest absolute Gasteiger partial charge is 0.265 e. The largest absolute Gasteiger partial charge is 0.338 e. The Bertz CT molecular complexity index is 1590. The summed E-state index contributed by atoms with van der Waals surface area (Å²) in [5.74, 6) is -0.752. The van der Waals surface area contributed by atoms with E-state index < -0.39 is 5.82 Å². The molecular weight excluding hydrogens is 573 g/mol. The van der Waals surface area contributed by atoms with Crippen LogP contribution >= 0.6 is 11.6 Å². The second-order valence-corrected chi connectivity index (χ2v) is 10.4. The third-order valence-corrected chi connectivity index (χ3v) is 7.31. The van der Waals surface area contributed by atoms with Crippen LogP contribution < -0.4 is 21.4 Å². The molecule has 4 aromatic rings. The van der Waals surface area contributed by atoms with E-state index in [2.05, 4.69) is 31.3 Å². The van der Waals surface area contributed by atoms with Gasteiger partial charge < -0.3 is 20.7 Å². The minimum absolute atomic E-state index is 0.0568. The van der Waals surface area contributed by atoms with Crippen LogP contribution in [0.1, 0.15) is 40.0 Å². The van der Waals surface area contributed by atoms with Crippen molar-refractivity contribution < 1.29 is 18.8 Å². The first-order chi connectivity index (χ1) is 20.9.